The van der Waals surface area contributed by atoms with Crippen LogP contribution in [0.1, 0.15) is 58.6 Å². The minimum Gasteiger partial charge on any atom is -0.493 e. The number of hydrogen-bond acceptors (Lipinski definition) is 5. The first-order chi connectivity index (χ1) is 15.4. The topological polar surface area (TPSA) is 60.0 Å². The lowest BCUT2D eigenvalue weighted by Crippen LogP contribution is -2.58. The number of morpholine rings is 1. The summed E-state index contributed by atoms with van der Waals surface area (Å²) in [6, 6.07) is 6.84. The number of nitrogens with zero attached hydrogens (tertiary/aromatic N) is 1. The van der Waals surface area contributed by atoms with E-state index in [-0.39, 0.29) is 28.9 Å². The third-order valence-electron chi connectivity index (χ3n) is 8.83. The predicted octanol–water partition coefficient (Wildman–Crippen LogP) is 3.94. The predicted molar refractivity (Wildman–Crippen MR) is 124 cm³/mol. The molecule has 6 nitrogen and oxygen atoms in total. The molecular formula is C26H38N2O4. The van der Waals surface area contributed by atoms with E-state index in [4.69, 9.17) is 14.2 Å². The van der Waals surface area contributed by atoms with Crippen molar-refractivity contribution in [2.75, 3.05) is 44.4 Å². The van der Waals surface area contributed by atoms with Gasteiger partial charge in [-0.15, -0.1) is 0 Å². The van der Waals surface area contributed by atoms with Crippen molar-refractivity contribution in [3.05, 3.63) is 23.8 Å². The van der Waals surface area contributed by atoms with E-state index < -0.39 is 0 Å². The molecule has 176 valence electrons. The van der Waals surface area contributed by atoms with Gasteiger partial charge < -0.3 is 24.4 Å². The van der Waals surface area contributed by atoms with Gasteiger partial charge in [0.25, 0.3) is 0 Å². The molecule has 2 saturated carbocycles. The molecule has 1 aromatic rings. The zero-order valence-corrected chi connectivity index (χ0v) is 20.0. The normalized spacial score (nSPS) is 35.4. The van der Waals surface area contributed by atoms with Gasteiger partial charge in [-0.2, -0.15) is 0 Å². The van der Waals surface area contributed by atoms with Crippen LogP contribution in [-0.2, 0) is 14.3 Å². The summed E-state index contributed by atoms with van der Waals surface area (Å²) in [6.07, 6.45) is 3.38. The fourth-order valence-corrected chi connectivity index (χ4v) is 7.36. The summed E-state index contributed by atoms with van der Waals surface area (Å²) in [5.74, 6) is 2.03. The molecule has 2 aliphatic carbocycles. The van der Waals surface area contributed by atoms with Crippen molar-refractivity contribution in [2.24, 2.45) is 22.7 Å². The summed E-state index contributed by atoms with van der Waals surface area (Å²) in [4.78, 5) is 14.5. The number of rotatable bonds is 5. The van der Waals surface area contributed by atoms with Gasteiger partial charge in [-0.3, -0.25) is 4.79 Å². The number of ether oxygens (including phenoxy) is 3. The van der Waals surface area contributed by atoms with Gasteiger partial charge in [-0.1, -0.05) is 19.9 Å². The molecule has 1 N–H and O–H groups in total. The molecule has 4 fully saturated rings. The molecule has 1 spiro atoms. The fraction of sp³-hybridized carbons (Fsp3) is 0.731. The second-order valence-corrected chi connectivity index (χ2v) is 10.7. The van der Waals surface area contributed by atoms with Gasteiger partial charge in [0.15, 0.2) is 0 Å². The van der Waals surface area contributed by atoms with Crippen LogP contribution in [-0.4, -0.2) is 51.5 Å². The Morgan fingerprint density at radius 3 is 2.75 bits per heavy atom. The molecular weight excluding hydrogens is 404 g/mol. The highest BCUT2D eigenvalue weighted by molar-refractivity contribution is 5.73. The zero-order chi connectivity index (χ0) is 22.5. The molecule has 1 aromatic carbocycles. The van der Waals surface area contributed by atoms with Crippen LogP contribution in [0.15, 0.2) is 18.2 Å². The SMILES string of the molecule is CCOc1cc(N2CCOCC2)ccc1[C@H]1OCC[C@@]23C[C@@H](C[C@H]12)C(C)(C)[C@@H]3NC(C)=O. The summed E-state index contributed by atoms with van der Waals surface area (Å²) in [7, 11) is 0. The molecule has 0 radical (unpaired) electrons. The van der Waals surface area contributed by atoms with Crippen LogP contribution in [0.5, 0.6) is 5.75 Å². The Morgan fingerprint density at radius 2 is 2.03 bits per heavy atom. The minimum absolute atomic E-state index is 0.0152. The maximum absolute atomic E-state index is 12.1. The molecule has 0 aromatic heterocycles. The number of amides is 1. The fourth-order valence-electron chi connectivity index (χ4n) is 7.36. The van der Waals surface area contributed by atoms with Crippen LogP contribution in [0, 0.1) is 22.7 Å². The molecule has 4 aliphatic rings. The van der Waals surface area contributed by atoms with Crippen LogP contribution in [0.3, 0.4) is 0 Å². The monoisotopic (exact) mass is 442 g/mol. The third kappa shape index (κ3) is 3.41. The van der Waals surface area contributed by atoms with E-state index in [1.807, 2.05) is 6.92 Å². The molecule has 6 heteroatoms. The largest absolute Gasteiger partial charge is 0.493 e. The van der Waals surface area contributed by atoms with Gasteiger partial charge in [-0.25, -0.2) is 0 Å². The highest BCUT2D eigenvalue weighted by Gasteiger charge is 2.68. The molecule has 2 aliphatic heterocycles. The van der Waals surface area contributed by atoms with Crippen LogP contribution in [0.2, 0.25) is 0 Å². The second-order valence-electron chi connectivity index (χ2n) is 10.7. The Labute approximate surface area is 192 Å². The Hall–Kier alpha value is -1.79. The van der Waals surface area contributed by atoms with E-state index in [0.717, 1.165) is 51.5 Å². The summed E-state index contributed by atoms with van der Waals surface area (Å²) in [6.45, 7) is 13.1. The second kappa shape index (κ2) is 8.21. The lowest BCUT2D eigenvalue weighted by Gasteiger charge is -2.53. The molecule has 1 amide bonds. The summed E-state index contributed by atoms with van der Waals surface area (Å²) in [5, 5.41) is 3.37. The number of carbonyl (C=O) groups is 1. The molecule has 2 heterocycles. The Balaban J connectivity index is 1.48. The Morgan fingerprint density at radius 1 is 1.25 bits per heavy atom. The lowest BCUT2D eigenvalue weighted by atomic mass is 9.58. The van der Waals surface area contributed by atoms with Gasteiger partial charge in [-0.05, 0) is 54.9 Å². The van der Waals surface area contributed by atoms with Crippen LogP contribution in [0.25, 0.3) is 0 Å². The minimum atomic E-state index is 0.0152. The van der Waals surface area contributed by atoms with Crippen molar-refractivity contribution in [1.82, 2.24) is 5.32 Å². The number of nitrogens with one attached hydrogen (secondary N) is 1. The molecule has 0 unspecified atom stereocenters. The Kier molecular flexibility index (Phi) is 5.65. The van der Waals surface area contributed by atoms with E-state index in [1.165, 1.54) is 17.7 Å². The number of fused-ring (bicyclic) bond motifs is 1. The lowest BCUT2D eigenvalue weighted by molar-refractivity contribution is -0.136. The van der Waals surface area contributed by atoms with Crippen molar-refractivity contribution in [3.63, 3.8) is 0 Å². The average Bonchev–Trinajstić information content (AvgIpc) is 3.27. The molecule has 2 saturated heterocycles. The standard InChI is InChI=1S/C26H38N2O4/c1-5-31-22-15-19(28-9-12-30-13-10-28)6-7-20(22)23-21-14-18-16-26(21,8-11-32-23)24(25(18,3)4)27-17(2)29/h6-7,15,18,21,23-24H,5,8-14,16H2,1-4H3,(H,27,29)/t18-,21-,23-,24+,26-/m1/s1. The van der Waals surface area contributed by atoms with E-state index in [2.05, 4.69) is 42.3 Å². The number of benzene rings is 1. The number of carbonyl (C=O) groups excluding carboxylic acids is 1. The first-order valence-corrected chi connectivity index (χ1v) is 12.3. The van der Waals surface area contributed by atoms with Crippen LogP contribution < -0.4 is 15.0 Å². The zero-order valence-electron chi connectivity index (χ0n) is 20.0. The van der Waals surface area contributed by atoms with Crippen molar-refractivity contribution in [1.29, 1.82) is 0 Å². The van der Waals surface area contributed by atoms with Gasteiger partial charge in [0.05, 0.1) is 25.9 Å². The quantitative estimate of drug-likeness (QED) is 0.749. The highest BCUT2D eigenvalue weighted by Crippen LogP contribution is 2.70. The molecule has 5 rings (SSSR count). The number of hydrogen-bond donors (Lipinski definition) is 1. The number of anilines is 1. The van der Waals surface area contributed by atoms with Gasteiger partial charge in [0.2, 0.25) is 5.91 Å². The van der Waals surface area contributed by atoms with Crippen LogP contribution in [0.4, 0.5) is 5.69 Å². The van der Waals surface area contributed by atoms with Crippen LogP contribution >= 0.6 is 0 Å². The van der Waals surface area contributed by atoms with Crippen molar-refractivity contribution in [2.45, 2.75) is 59.1 Å². The average molecular weight is 443 g/mol. The van der Waals surface area contributed by atoms with Gasteiger partial charge in [0.1, 0.15) is 5.75 Å². The van der Waals surface area contributed by atoms with Gasteiger partial charge in [0, 0.05) is 50.0 Å². The van der Waals surface area contributed by atoms with E-state index in [9.17, 15) is 4.79 Å². The Bertz CT molecular complexity index is 865. The van der Waals surface area contributed by atoms with E-state index >= 15 is 0 Å². The molecule has 2 bridgehead atoms. The molecule has 5 atom stereocenters. The molecule has 32 heavy (non-hydrogen) atoms. The van der Waals surface area contributed by atoms with E-state index in [0.29, 0.717) is 18.4 Å². The smallest absolute Gasteiger partial charge is 0.217 e. The maximum Gasteiger partial charge on any atom is 0.217 e. The van der Waals surface area contributed by atoms with Gasteiger partial charge >= 0.3 is 0 Å². The van der Waals surface area contributed by atoms with Crippen molar-refractivity contribution < 1.29 is 19.0 Å². The van der Waals surface area contributed by atoms with Crippen molar-refractivity contribution >= 4 is 11.6 Å². The highest BCUT2D eigenvalue weighted by atomic mass is 16.5. The maximum atomic E-state index is 12.1. The first-order valence-electron chi connectivity index (χ1n) is 12.3. The van der Waals surface area contributed by atoms with Crippen molar-refractivity contribution in [3.8, 4) is 5.75 Å². The first kappa shape index (κ1) is 22.0. The third-order valence-corrected chi connectivity index (χ3v) is 8.83. The summed E-state index contributed by atoms with van der Waals surface area (Å²) in [5.41, 5.74) is 2.58. The van der Waals surface area contributed by atoms with E-state index in [1.54, 1.807) is 6.92 Å². The summed E-state index contributed by atoms with van der Waals surface area (Å²) >= 11 is 0. The summed E-state index contributed by atoms with van der Waals surface area (Å²) < 4.78 is 18.2.